The molecule has 0 amide bonds. The van der Waals surface area contributed by atoms with Gasteiger partial charge in [0.25, 0.3) is 0 Å². The van der Waals surface area contributed by atoms with Crippen LogP contribution in [0.15, 0.2) is 121 Å². The van der Waals surface area contributed by atoms with Crippen LogP contribution in [0.4, 0.5) is 0 Å². The van der Waals surface area contributed by atoms with Crippen LogP contribution in [0.2, 0.25) is 0 Å². The van der Waals surface area contributed by atoms with Crippen molar-refractivity contribution >= 4 is 0 Å². The first kappa shape index (κ1) is 37.7. The maximum atomic E-state index is 4.59. The van der Waals surface area contributed by atoms with Crippen LogP contribution in [0.3, 0.4) is 0 Å². The third-order valence-electron chi connectivity index (χ3n) is 8.78. The Balaban J connectivity index is 0.000000176. The molecule has 0 bridgehead atoms. The molecule has 52 heavy (non-hydrogen) atoms. The second-order valence-electron chi connectivity index (χ2n) is 14.7. The Morgan fingerprint density at radius 1 is 0.288 bits per heavy atom. The Bertz CT molecular complexity index is 2060. The summed E-state index contributed by atoms with van der Waals surface area (Å²) in [6.07, 6.45) is 0. The molecule has 0 saturated heterocycles. The van der Waals surface area contributed by atoms with E-state index < -0.39 is 0 Å². The average Bonchev–Trinajstić information content (AvgIpc) is 3.49. The fourth-order valence-corrected chi connectivity index (χ4v) is 7.17. The van der Waals surface area contributed by atoms with Crippen LogP contribution in [0.5, 0.6) is 0 Å². The monoisotopic (exact) mass is 683 g/mol. The summed E-state index contributed by atoms with van der Waals surface area (Å²) in [5.74, 6) is 1.73. The third kappa shape index (κ3) is 10.0. The summed E-state index contributed by atoms with van der Waals surface area (Å²) in [6, 6.07) is 43.3. The molecule has 0 spiro atoms. The standard InChI is InChI=1S/C24H23N3.C16H18.C9H12/c1-16-10-17(2)13-20(12-16)23-25-26-24(21-14-18(3)11-19(4)15-21)27(23)22-8-6-5-7-9-22;1-11-5-12(2)8-15(7-11)16-9-13(3)6-14(4)10-16;1-7-4-8(2)6-9(3)5-7/h5-15H,1-4H3;5-10H,1-4H3;4-6H,1-3H3. The molecule has 3 heteroatoms. The van der Waals surface area contributed by atoms with Crippen molar-refractivity contribution in [3.05, 3.63) is 183 Å². The van der Waals surface area contributed by atoms with Crippen molar-refractivity contribution in [2.24, 2.45) is 0 Å². The van der Waals surface area contributed by atoms with Gasteiger partial charge in [-0.3, -0.25) is 4.57 Å². The molecule has 0 saturated carbocycles. The normalized spacial score (nSPS) is 10.6. The van der Waals surface area contributed by atoms with Crippen molar-refractivity contribution in [1.82, 2.24) is 14.8 Å². The van der Waals surface area contributed by atoms with Crippen molar-refractivity contribution in [3.63, 3.8) is 0 Å². The van der Waals surface area contributed by atoms with E-state index in [4.69, 9.17) is 0 Å². The van der Waals surface area contributed by atoms with Crippen LogP contribution < -0.4 is 0 Å². The van der Waals surface area contributed by atoms with Gasteiger partial charge in [-0.05, 0) is 124 Å². The molecule has 0 N–H and O–H groups in total. The lowest BCUT2D eigenvalue weighted by atomic mass is 9.98. The van der Waals surface area contributed by atoms with E-state index in [0.717, 1.165) is 28.5 Å². The van der Waals surface area contributed by atoms with Gasteiger partial charge in [0.2, 0.25) is 0 Å². The van der Waals surface area contributed by atoms with Crippen LogP contribution in [-0.4, -0.2) is 14.8 Å². The quantitative estimate of drug-likeness (QED) is 0.185. The largest absolute Gasteiger partial charge is 0.275 e. The molecule has 1 heterocycles. The number of aryl methyl sites for hydroxylation is 11. The molecule has 0 aliphatic heterocycles. The first-order valence-electron chi connectivity index (χ1n) is 18.1. The summed E-state index contributed by atoms with van der Waals surface area (Å²) >= 11 is 0. The van der Waals surface area contributed by atoms with Gasteiger partial charge in [-0.1, -0.05) is 146 Å². The van der Waals surface area contributed by atoms with E-state index in [-0.39, 0.29) is 0 Å². The Morgan fingerprint density at radius 3 is 0.788 bits per heavy atom. The summed E-state index contributed by atoms with van der Waals surface area (Å²) in [4.78, 5) is 0. The number of hydrogen-bond acceptors (Lipinski definition) is 2. The smallest absolute Gasteiger partial charge is 0.168 e. The van der Waals surface area contributed by atoms with Crippen molar-refractivity contribution in [3.8, 4) is 39.6 Å². The van der Waals surface area contributed by atoms with Crippen LogP contribution in [0.25, 0.3) is 39.6 Å². The van der Waals surface area contributed by atoms with Gasteiger partial charge in [0.05, 0.1) is 0 Å². The fourth-order valence-electron chi connectivity index (χ4n) is 7.17. The van der Waals surface area contributed by atoms with Gasteiger partial charge >= 0.3 is 0 Å². The molecule has 0 atom stereocenters. The lowest BCUT2D eigenvalue weighted by Crippen LogP contribution is -2.01. The van der Waals surface area contributed by atoms with Crippen LogP contribution >= 0.6 is 0 Å². The molecule has 3 nitrogen and oxygen atoms in total. The van der Waals surface area contributed by atoms with Crippen molar-refractivity contribution in [2.75, 3.05) is 0 Å². The topological polar surface area (TPSA) is 30.7 Å². The zero-order chi connectivity index (χ0) is 37.5. The molecule has 0 unspecified atom stereocenters. The minimum Gasteiger partial charge on any atom is -0.275 e. The number of nitrogens with zero attached hydrogens (tertiary/aromatic N) is 3. The fraction of sp³-hybridized carbons (Fsp3) is 0.224. The summed E-state index contributed by atoms with van der Waals surface area (Å²) in [6.45, 7) is 23.4. The van der Waals surface area contributed by atoms with Crippen molar-refractivity contribution < 1.29 is 0 Å². The molecule has 0 radical (unpaired) electrons. The zero-order valence-electron chi connectivity index (χ0n) is 32.9. The Kier molecular flexibility index (Phi) is 12.1. The number of rotatable bonds is 4. The Hall–Kier alpha value is -5.54. The summed E-state index contributed by atoms with van der Waals surface area (Å²) in [5.41, 5.74) is 20.1. The van der Waals surface area contributed by atoms with Gasteiger partial charge in [0.15, 0.2) is 11.6 Å². The van der Waals surface area contributed by atoms with E-state index in [1.54, 1.807) is 0 Å². The molecule has 7 rings (SSSR count). The molecule has 1 aromatic heterocycles. The SMILES string of the molecule is Cc1cc(C)cc(-c2cc(C)cc(C)c2)c1.Cc1cc(C)cc(-c2nnc(-c3cc(C)cc(C)c3)n2-c2ccccc2)c1.Cc1cc(C)cc(C)c1. The van der Waals surface area contributed by atoms with Gasteiger partial charge in [0.1, 0.15) is 0 Å². The van der Waals surface area contributed by atoms with Crippen molar-refractivity contribution in [2.45, 2.75) is 76.2 Å². The summed E-state index contributed by atoms with van der Waals surface area (Å²) in [5, 5.41) is 9.19. The highest BCUT2D eigenvalue weighted by molar-refractivity contribution is 5.69. The van der Waals surface area contributed by atoms with Crippen LogP contribution in [-0.2, 0) is 0 Å². The van der Waals surface area contributed by atoms with E-state index in [9.17, 15) is 0 Å². The number of aromatic nitrogens is 3. The predicted octanol–water partition coefficient (Wildman–Crippen LogP) is 13.0. The van der Waals surface area contributed by atoms with E-state index in [2.05, 4.69) is 194 Å². The third-order valence-corrected chi connectivity index (χ3v) is 8.78. The summed E-state index contributed by atoms with van der Waals surface area (Å²) < 4.78 is 2.16. The van der Waals surface area contributed by atoms with E-state index in [1.807, 2.05) is 18.2 Å². The number of benzene rings is 6. The van der Waals surface area contributed by atoms with Crippen LogP contribution in [0, 0.1) is 76.2 Å². The molecule has 7 aromatic rings. The number of para-hydroxylation sites is 1. The van der Waals surface area contributed by atoms with Crippen molar-refractivity contribution in [1.29, 1.82) is 0 Å². The zero-order valence-corrected chi connectivity index (χ0v) is 32.9. The highest BCUT2D eigenvalue weighted by Crippen LogP contribution is 2.30. The Labute approximate surface area is 312 Å². The highest BCUT2D eigenvalue weighted by Gasteiger charge is 2.18. The molecule has 0 aliphatic carbocycles. The van der Waals surface area contributed by atoms with E-state index in [0.29, 0.717) is 0 Å². The summed E-state index contributed by atoms with van der Waals surface area (Å²) in [7, 11) is 0. The molecule has 264 valence electrons. The van der Waals surface area contributed by atoms with Crippen LogP contribution in [0.1, 0.15) is 61.2 Å². The number of hydrogen-bond donors (Lipinski definition) is 0. The first-order valence-corrected chi connectivity index (χ1v) is 18.1. The minimum atomic E-state index is 0.863. The molecule has 0 aliphatic rings. The first-order chi connectivity index (χ1) is 24.7. The maximum Gasteiger partial charge on any atom is 0.168 e. The maximum absolute atomic E-state index is 4.59. The van der Waals surface area contributed by atoms with Gasteiger partial charge in [-0.15, -0.1) is 10.2 Å². The minimum absolute atomic E-state index is 0.863. The van der Waals surface area contributed by atoms with E-state index >= 15 is 0 Å². The lowest BCUT2D eigenvalue weighted by Gasteiger charge is -2.12. The second kappa shape index (κ2) is 16.7. The highest BCUT2D eigenvalue weighted by atomic mass is 15.3. The van der Waals surface area contributed by atoms with Gasteiger partial charge in [0, 0.05) is 16.8 Å². The lowest BCUT2D eigenvalue weighted by molar-refractivity contribution is 1.07. The molecule has 6 aromatic carbocycles. The van der Waals surface area contributed by atoms with Gasteiger partial charge in [-0.2, -0.15) is 0 Å². The molecular weight excluding hydrogens is 631 g/mol. The second-order valence-corrected chi connectivity index (χ2v) is 14.7. The Morgan fingerprint density at radius 2 is 0.519 bits per heavy atom. The molecular formula is C49H53N3. The average molecular weight is 684 g/mol. The molecule has 0 fully saturated rings. The predicted molar refractivity (Wildman–Crippen MR) is 223 cm³/mol. The van der Waals surface area contributed by atoms with Gasteiger partial charge in [-0.25, -0.2) is 0 Å². The van der Waals surface area contributed by atoms with E-state index in [1.165, 1.54) is 72.3 Å². The van der Waals surface area contributed by atoms with Gasteiger partial charge < -0.3 is 0 Å².